The highest BCUT2D eigenvalue weighted by molar-refractivity contribution is 4.87. The van der Waals surface area contributed by atoms with Gasteiger partial charge in [-0.15, -0.1) is 0 Å². The Kier molecular flexibility index (Phi) is 4.84. The van der Waals surface area contributed by atoms with Crippen LogP contribution in [0.3, 0.4) is 0 Å². The molecule has 1 rings (SSSR count). The molecule has 0 aromatic heterocycles. The minimum Gasteiger partial charge on any atom is -0.396 e. The lowest BCUT2D eigenvalue weighted by molar-refractivity contribution is -0.148. The van der Waals surface area contributed by atoms with Crippen LogP contribution in [-0.2, 0) is 0 Å². The van der Waals surface area contributed by atoms with Crippen molar-refractivity contribution in [3.8, 4) is 0 Å². The van der Waals surface area contributed by atoms with Crippen molar-refractivity contribution in [2.45, 2.75) is 38.8 Å². The Bertz CT molecular complexity index is 244. The second kappa shape index (κ2) is 5.57. The summed E-state index contributed by atoms with van der Waals surface area (Å²) in [6.45, 7) is 1.52. The van der Waals surface area contributed by atoms with Gasteiger partial charge in [-0.2, -0.15) is 13.2 Å². The van der Waals surface area contributed by atoms with Crippen LogP contribution in [-0.4, -0.2) is 42.9 Å². The third-order valence-corrected chi connectivity index (χ3v) is 3.58. The molecule has 2 atom stereocenters. The topological polar surface area (TPSA) is 23.5 Å². The van der Waals surface area contributed by atoms with Crippen LogP contribution >= 0.6 is 0 Å². The molecule has 2 unspecified atom stereocenters. The molecule has 2 nitrogen and oxygen atoms in total. The van der Waals surface area contributed by atoms with Crippen molar-refractivity contribution in [2.24, 2.45) is 11.3 Å². The fraction of sp³-hybridized carbons (Fsp3) is 1.00. The first-order chi connectivity index (χ1) is 7.76. The van der Waals surface area contributed by atoms with Crippen molar-refractivity contribution in [3.63, 3.8) is 0 Å². The lowest BCUT2D eigenvalue weighted by atomic mass is 9.70. The van der Waals surface area contributed by atoms with E-state index in [1.54, 1.807) is 0 Å². The van der Waals surface area contributed by atoms with E-state index in [-0.39, 0.29) is 12.0 Å². The number of nitrogens with zero attached hydrogens (tertiary/aromatic N) is 1. The highest BCUT2D eigenvalue weighted by atomic mass is 19.4. The quantitative estimate of drug-likeness (QED) is 0.832. The molecule has 1 aliphatic carbocycles. The molecule has 0 amide bonds. The molecule has 0 heterocycles. The summed E-state index contributed by atoms with van der Waals surface area (Å²) in [4.78, 5) is 1.29. The van der Waals surface area contributed by atoms with Gasteiger partial charge in [-0.05, 0) is 25.8 Å². The summed E-state index contributed by atoms with van der Waals surface area (Å²) in [6.07, 6.45) is -0.389. The molecule has 1 saturated carbocycles. The number of rotatable bonds is 4. The molecular weight excluding hydrogens is 231 g/mol. The Hall–Kier alpha value is -0.290. The number of hydrogen-bond donors (Lipinski definition) is 1. The molecule has 0 aromatic rings. The van der Waals surface area contributed by atoms with Gasteiger partial charge in [-0.3, -0.25) is 4.90 Å². The first-order valence-corrected chi connectivity index (χ1v) is 6.12. The molecule has 0 aromatic carbocycles. The van der Waals surface area contributed by atoms with Crippen molar-refractivity contribution >= 4 is 0 Å². The summed E-state index contributed by atoms with van der Waals surface area (Å²) in [5, 5.41) is 9.50. The highest BCUT2D eigenvalue weighted by Gasteiger charge is 2.38. The Morgan fingerprint density at radius 1 is 1.41 bits per heavy atom. The summed E-state index contributed by atoms with van der Waals surface area (Å²) in [6, 6.07) is 0. The highest BCUT2D eigenvalue weighted by Crippen LogP contribution is 2.39. The molecule has 5 heteroatoms. The number of aliphatic hydroxyl groups is 1. The number of alkyl halides is 3. The van der Waals surface area contributed by atoms with E-state index in [4.69, 9.17) is 0 Å². The third-order valence-electron chi connectivity index (χ3n) is 3.58. The standard InChI is InChI=1S/C12H22F3NO/c1-10-4-3-5-11(6-10,9-17)7-16(2)8-12(13,14)15/h10,17H,3-9H2,1-2H3. The van der Waals surface area contributed by atoms with Gasteiger partial charge in [0.25, 0.3) is 0 Å². The van der Waals surface area contributed by atoms with E-state index in [0.717, 1.165) is 25.7 Å². The normalized spacial score (nSPS) is 30.9. The molecule has 0 spiro atoms. The van der Waals surface area contributed by atoms with E-state index in [9.17, 15) is 18.3 Å². The Balaban J connectivity index is 2.56. The van der Waals surface area contributed by atoms with Gasteiger partial charge >= 0.3 is 6.18 Å². The zero-order valence-electron chi connectivity index (χ0n) is 10.6. The number of hydrogen-bond acceptors (Lipinski definition) is 2. The van der Waals surface area contributed by atoms with Gasteiger partial charge < -0.3 is 5.11 Å². The number of halogens is 3. The summed E-state index contributed by atoms with van der Waals surface area (Å²) in [5.74, 6) is 0.496. The third kappa shape index (κ3) is 4.84. The average molecular weight is 253 g/mol. The fourth-order valence-electron chi connectivity index (χ4n) is 3.04. The Morgan fingerprint density at radius 2 is 2.06 bits per heavy atom. The van der Waals surface area contributed by atoms with Crippen molar-refractivity contribution < 1.29 is 18.3 Å². The van der Waals surface area contributed by atoms with E-state index in [2.05, 4.69) is 6.92 Å². The SMILES string of the molecule is CC1CCCC(CO)(CN(C)CC(F)(F)F)C1. The van der Waals surface area contributed by atoms with Gasteiger partial charge in [0.15, 0.2) is 0 Å². The van der Waals surface area contributed by atoms with Crippen LogP contribution in [0.4, 0.5) is 13.2 Å². The maximum Gasteiger partial charge on any atom is 0.401 e. The summed E-state index contributed by atoms with van der Waals surface area (Å²) in [5.41, 5.74) is -0.336. The van der Waals surface area contributed by atoms with Gasteiger partial charge in [0.2, 0.25) is 0 Å². The predicted molar refractivity (Wildman–Crippen MR) is 60.7 cm³/mol. The smallest absolute Gasteiger partial charge is 0.396 e. The maximum absolute atomic E-state index is 12.3. The summed E-state index contributed by atoms with van der Waals surface area (Å²) >= 11 is 0. The monoisotopic (exact) mass is 253 g/mol. The van der Waals surface area contributed by atoms with E-state index in [0.29, 0.717) is 12.5 Å². The molecular formula is C12H22F3NO. The zero-order valence-corrected chi connectivity index (χ0v) is 10.6. The lowest BCUT2D eigenvalue weighted by Crippen LogP contribution is -2.44. The number of aliphatic hydroxyl groups excluding tert-OH is 1. The van der Waals surface area contributed by atoms with Crippen LogP contribution in [0.15, 0.2) is 0 Å². The minimum absolute atomic E-state index is 0.0143. The van der Waals surface area contributed by atoms with Gasteiger partial charge in [0.05, 0.1) is 6.54 Å². The van der Waals surface area contributed by atoms with Gasteiger partial charge in [0.1, 0.15) is 0 Å². The van der Waals surface area contributed by atoms with E-state index in [1.165, 1.54) is 11.9 Å². The first kappa shape index (κ1) is 14.8. The average Bonchev–Trinajstić information content (AvgIpc) is 2.14. The summed E-state index contributed by atoms with van der Waals surface area (Å²) < 4.78 is 36.8. The molecule has 102 valence electrons. The minimum atomic E-state index is -4.16. The Labute approximate surface area is 101 Å². The molecule has 17 heavy (non-hydrogen) atoms. The van der Waals surface area contributed by atoms with Crippen LogP contribution < -0.4 is 0 Å². The van der Waals surface area contributed by atoms with Crippen LogP contribution in [0.25, 0.3) is 0 Å². The van der Waals surface area contributed by atoms with Gasteiger partial charge in [-0.1, -0.05) is 19.8 Å². The van der Waals surface area contributed by atoms with Crippen molar-refractivity contribution in [1.29, 1.82) is 0 Å². The van der Waals surface area contributed by atoms with Crippen LogP contribution in [0, 0.1) is 11.3 Å². The zero-order chi connectivity index (χ0) is 13.1. The molecule has 1 fully saturated rings. The molecule has 0 bridgehead atoms. The lowest BCUT2D eigenvalue weighted by Gasteiger charge is -2.41. The van der Waals surface area contributed by atoms with Crippen molar-refractivity contribution in [1.82, 2.24) is 4.90 Å². The maximum atomic E-state index is 12.3. The van der Waals surface area contributed by atoms with Gasteiger partial charge in [-0.25, -0.2) is 0 Å². The predicted octanol–water partition coefficient (Wildman–Crippen LogP) is 2.67. The Morgan fingerprint density at radius 3 is 2.53 bits per heavy atom. The van der Waals surface area contributed by atoms with Crippen LogP contribution in [0.2, 0.25) is 0 Å². The van der Waals surface area contributed by atoms with E-state index in [1.807, 2.05) is 0 Å². The van der Waals surface area contributed by atoms with Crippen molar-refractivity contribution in [2.75, 3.05) is 26.7 Å². The second-order valence-electron chi connectivity index (χ2n) is 5.65. The van der Waals surface area contributed by atoms with Crippen molar-refractivity contribution in [3.05, 3.63) is 0 Å². The molecule has 1 aliphatic rings. The van der Waals surface area contributed by atoms with E-state index >= 15 is 0 Å². The molecule has 0 aliphatic heterocycles. The first-order valence-electron chi connectivity index (χ1n) is 6.12. The summed E-state index contributed by atoms with van der Waals surface area (Å²) in [7, 11) is 1.48. The van der Waals surface area contributed by atoms with E-state index < -0.39 is 12.7 Å². The second-order valence-corrected chi connectivity index (χ2v) is 5.65. The van der Waals surface area contributed by atoms with Crippen LogP contribution in [0.1, 0.15) is 32.6 Å². The molecule has 0 radical (unpaired) electrons. The largest absolute Gasteiger partial charge is 0.401 e. The fourth-order valence-corrected chi connectivity index (χ4v) is 3.04. The molecule has 0 saturated heterocycles. The molecule has 1 N–H and O–H groups in total. The van der Waals surface area contributed by atoms with Gasteiger partial charge in [0, 0.05) is 18.6 Å². The van der Waals surface area contributed by atoms with Crippen LogP contribution in [0.5, 0.6) is 0 Å².